The van der Waals surface area contributed by atoms with E-state index in [4.69, 9.17) is 0 Å². The number of nitro groups is 1. The Morgan fingerprint density at radius 3 is 2.23 bits per heavy atom. The Bertz CT molecular complexity index is 1360. The predicted octanol–water partition coefficient (Wildman–Crippen LogP) is 4.68. The molecule has 3 N–H and O–H groups in total. The van der Waals surface area contributed by atoms with E-state index in [0.29, 0.717) is 4.47 Å². The lowest BCUT2D eigenvalue weighted by atomic mass is 10.1. The van der Waals surface area contributed by atoms with E-state index >= 15 is 0 Å². The molecule has 0 unspecified atom stereocenters. The Hall–Kier alpha value is -3.29. The Labute approximate surface area is 212 Å². The van der Waals surface area contributed by atoms with Crippen LogP contribution < -0.4 is 5.32 Å². The summed E-state index contributed by atoms with van der Waals surface area (Å²) in [6.07, 6.45) is 0. The molecule has 0 saturated heterocycles. The number of benzene rings is 1. The summed E-state index contributed by atoms with van der Waals surface area (Å²) >= 11 is 4.01. The van der Waals surface area contributed by atoms with Crippen LogP contribution in [0.15, 0.2) is 61.4 Å². The zero-order valence-corrected chi connectivity index (χ0v) is 21.9. The number of aliphatic carboxylic acids is 2. The second-order valence-electron chi connectivity index (χ2n) is 7.64. The number of carboxylic acid groups (broad SMARTS) is 2. The van der Waals surface area contributed by atoms with Crippen molar-refractivity contribution in [3.05, 3.63) is 77.6 Å². The lowest BCUT2D eigenvalue weighted by molar-refractivity contribution is -0.380. The van der Waals surface area contributed by atoms with Crippen LogP contribution in [-0.2, 0) is 9.59 Å². The summed E-state index contributed by atoms with van der Waals surface area (Å²) < 4.78 is 5.08. The molecule has 1 aliphatic heterocycles. The maximum Gasteiger partial charge on any atom is 0.339 e. The number of amides is 1. The van der Waals surface area contributed by atoms with Crippen LogP contribution in [0.2, 0.25) is 0 Å². The standard InChI is InChI=1S/C22H22BrN3O7S2/c1-4-35(5-2,24-3)18(14-9-10-15(34-14)26(32)33)16(21(28)29)17(22(30)31)20(35)25-19(27)12-7-6-8-13(23)11-12/h6-11,35H,3-5H2,1-2H3,(H,25,27)(H,28,29)(H,30,31). The van der Waals surface area contributed by atoms with E-state index in [1.54, 1.807) is 26.0 Å². The van der Waals surface area contributed by atoms with Gasteiger partial charge >= 0.3 is 16.9 Å². The minimum atomic E-state index is -4.15. The van der Waals surface area contributed by atoms with Crippen molar-refractivity contribution in [1.82, 2.24) is 5.32 Å². The first-order valence-corrected chi connectivity index (χ1v) is 14.4. The number of hydrogen-bond donors (Lipinski definition) is 4. The molecule has 0 atom stereocenters. The Morgan fingerprint density at radius 2 is 1.77 bits per heavy atom. The van der Waals surface area contributed by atoms with Gasteiger partial charge in [0.1, 0.15) is 5.57 Å². The molecule has 0 radical (unpaired) electrons. The normalized spacial score (nSPS) is 17.4. The molecule has 10 nitrogen and oxygen atoms in total. The average molecular weight is 584 g/mol. The summed E-state index contributed by atoms with van der Waals surface area (Å²) in [6.45, 7) is 7.18. The van der Waals surface area contributed by atoms with Gasteiger partial charge in [-0.3, -0.25) is 19.3 Å². The van der Waals surface area contributed by atoms with E-state index in [2.05, 4.69) is 32.4 Å². The van der Waals surface area contributed by atoms with Gasteiger partial charge in [-0.2, -0.15) is 9.35 Å². The van der Waals surface area contributed by atoms with Crippen molar-refractivity contribution in [1.29, 1.82) is 0 Å². The van der Waals surface area contributed by atoms with Crippen LogP contribution in [0.25, 0.3) is 4.91 Å². The number of carbonyl (C=O) groups is 3. The number of rotatable bonds is 9. The SMILES string of the molecule is C=N[SH]1(CC)(CC)C(NC(=O)c2cccc(Br)c2)=C(C(=O)O)C(C(=O)O)=C1c1ccc([N+](=O)[O-])s1. The van der Waals surface area contributed by atoms with E-state index in [-0.39, 0.29) is 36.9 Å². The van der Waals surface area contributed by atoms with Gasteiger partial charge in [0, 0.05) is 25.9 Å². The number of thiophene rings is 1. The van der Waals surface area contributed by atoms with E-state index in [1.165, 1.54) is 24.3 Å². The highest BCUT2D eigenvalue weighted by Crippen LogP contribution is 2.87. The van der Waals surface area contributed by atoms with Gasteiger partial charge in [0.25, 0.3) is 5.91 Å². The van der Waals surface area contributed by atoms with Crippen LogP contribution in [0, 0.1) is 10.1 Å². The Balaban J connectivity index is 2.41. The van der Waals surface area contributed by atoms with Gasteiger partial charge in [-0.15, -0.1) is 0 Å². The highest BCUT2D eigenvalue weighted by atomic mass is 79.9. The Morgan fingerprint density at radius 1 is 1.14 bits per heavy atom. The van der Waals surface area contributed by atoms with Crippen LogP contribution in [0.5, 0.6) is 0 Å². The first kappa shape index (κ1) is 26.3. The summed E-state index contributed by atoms with van der Waals surface area (Å²) in [7, 11) is -4.15. The molecular formula is C22H22BrN3O7S2. The molecule has 186 valence electrons. The monoisotopic (exact) mass is 583 g/mol. The summed E-state index contributed by atoms with van der Waals surface area (Å²) in [5.74, 6) is -3.46. The summed E-state index contributed by atoms with van der Waals surface area (Å²) in [5, 5.41) is 34.0. The van der Waals surface area contributed by atoms with E-state index in [0.717, 1.165) is 11.3 Å². The third-order valence-electron chi connectivity index (χ3n) is 6.24. The molecule has 0 aliphatic carbocycles. The topological polar surface area (TPSA) is 159 Å². The molecule has 13 heteroatoms. The molecule has 1 aromatic carbocycles. The van der Waals surface area contributed by atoms with Crippen LogP contribution in [0.3, 0.4) is 0 Å². The molecule has 1 amide bonds. The van der Waals surface area contributed by atoms with Crippen LogP contribution in [-0.4, -0.2) is 51.2 Å². The molecule has 0 spiro atoms. The number of nitrogens with one attached hydrogen (secondary N) is 1. The highest BCUT2D eigenvalue weighted by Gasteiger charge is 2.56. The third-order valence-corrected chi connectivity index (χ3v) is 14.3. The van der Waals surface area contributed by atoms with Crippen molar-refractivity contribution in [3.8, 4) is 0 Å². The van der Waals surface area contributed by atoms with E-state index in [9.17, 15) is 34.7 Å². The van der Waals surface area contributed by atoms with E-state index < -0.39 is 43.3 Å². The lowest BCUT2D eigenvalue weighted by Gasteiger charge is -2.58. The molecule has 35 heavy (non-hydrogen) atoms. The van der Waals surface area contributed by atoms with Crippen molar-refractivity contribution < 1.29 is 29.5 Å². The number of halogens is 1. The van der Waals surface area contributed by atoms with Gasteiger partial charge in [-0.25, -0.2) is 9.59 Å². The minimum absolute atomic E-state index is 0.0727. The minimum Gasteiger partial charge on any atom is -0.478 e. The van der Waals surface area contributed by atoms with Gasteiger partial charge in [0.05, 0.1) is 15.5 Å². The number of hydrogen-bond acceptors (Lipinski definition) is 7. The van der Waals surface area contributed by atoms with Crippen molar-refractivity contribution in [2.24, 2.45) is 4.40 Å². The van der Waals surface area contributed by atoms with E-state index in [1.807, 2.05) is 0 Å². The molecular weight excluding hydrogens is 562 g/mol. The molecule has 1 aliphatic rings. The zero-order valence-electron chi connectivity index (χ0n) is 18.6. The number of carboxylic acids is 2. The second kappa shape index (κ2) is 9.40. The zero-order chi connectivity index (χ0) is 26.2. The quantitative estimate of drug-likeness (QED) is 0.144. The number of carbonyl (C=O) groups excluding carboxylic acids is 1. The fraction of sp³-hybridized carbons (Fsp3) is 0.182. The summed E-state index contributed by atoms with van der Waals surface area (Å²) in [4.78, 5) is 49.3. The first-order chi connectivity index (χ1) is 16.5. The molecule has 2 aromatic rings. The average Bonchev–Trinajstić information content (AvgIpc) is 3.39. The summed E-state index contributed by atoms with van der Waals surface area (Å²) in [6, 6.07) is 9.02. The number of thiol groups is 1. The molecule has 3 rings (SSSR count). The molecule has 2 heterocycles. The number of nitrogens with zero attached hydrogens (tertiary/aromatic N) is 2. The second-order valence-corrected chi connectivity index (χ2v) is 15.0. The van der Waals surface area contributed by atoms with Crippen LogP contribution in [0.1, 0.15) is 29.1 Å². The van der Waals surface area contributed by atoms with Gasteiger partial charge in [0.15, 0.2) is 0 Å². The van der Waals surface area contributed by atoms with Gasteiger partial charge in [-0.05, 0) is 42.5 Å². The van der Waals surface area contributed by atoms with Crippen LogP contribution >= 0.6 is 36.6 Å². The maximum absolute atomic E-state index is 13.3. The van der Waals surface area contributed by atoms with Crippen molar-refractivity contribution in [2.45, 2.75) is 13.8 Å². The fourth-order valence-electron chi connectivity index (χ4n) is 4.43. The lowest BCUT2D eigenvalue weighted by Crippen LogP contribution is -2.34. The first-order valence-electron chi connectivity index (χ1n) is 10.2. The van der Waals surface area contributed by atoms with Crippen molar-refractivity contribution in [3.63, 3.8) is 0 Å². The molecule has 0 saturated carbocycles. The highest BCUT2D eigenvalue weighted by molar-refractivity contribution is 9.10. The fourth-order valence-corrected chi connectivity index (χ4v) is 11.4. The largest absolute Gasteiger partial charge is 0.478 e. The molecule has 0 fully saturated rings. The van der Waals surface area contributed by atoms with Crippen molar-refractivity contribution in [2.75, 3.05) is 11.5 Å². The Kier molecular flexibility index (Phi) is 7.07. The predicted molar refractivity (Wildman–Crippen MR) is 141 cm³/mol. The van der Waals surface area contributed by atoms with Gasteiger partial charge < -0.3 is 15.5 Å². The smallest absolute Gasteiger partial charge is 0.339 e. The van der Waals surface area contributed by atoms with Gasteiger partial charge in [0.2, 0.25) is 0 Å². The maximum atomic E-state index is 13.3. The molecule has 0 bridgehead atoms. The van der Waals surface area contributed by atoms with Crippen molar-refractivity contribution >= 4 is 71.1 Å². The van der Waals surface area contributed by atoms with Crippen LogP contribution in [0.4, 0.5) is 5.00 Å². The van der Waals surface area contributed by atoms with Gasteiger partial charge in [-0.1, -0.05) is 47.2 Å². The summed E-state index contributed by atoms with van der Waals surface area (Å²) in [5.41, 5.74) is -0.935. The third kappa shape index (κ3) is 3.98. The molecule has 1 aromatic heterocycles.